The normalized spacial score (nSPS) is 16.2. The van der Waals surface area contributed by atoms with Gasteiger partial charge in [-0.05, 0) is 38.2 Å². The number of carbonyl (C=O) groups is 1. The molecule has 2 aliphatic rings. The van der Waals surface area contributed by atoms with E-state index < -0.39 is 0 Å². The van der Waals surface area contributed by atoms with E-state index in [1.165, 1.54) is 0 Å². The van der Waals surface area contributed by atoms with Crippen LogP contribution >= 0.6 is 0 Å². The molecule has 1 saturated carbocycles. The number of hydrogen-bond acceptors (Lipinski definition) is 6. The largest absolute Gasteiger partial charge is 0.441 e. The lowest BCUT2D eigenvalue weighted by Gasteiger charge is -2.10. The van der Waals surface area contributed by atoms with Gasteiger partial charge in [-0.15, -0.1) is 0 Å². The molecule has 5 rings (SSSR count). The monoisotopic (exact) mass is 363 g/mol. The first kappa shape index (κ1) is 16.2. The number of aromatic nitrogens is 3. The van der Waals surface area contributed by atoms with E-state index in [-0.39, 0.29) is 11.8 Å². The van der Waals surface area contributed by atoms with Gasteiger partial charge in [-0.25, -0.2) is 15.0 Å². The Morgan fingerprint density at radius 3 is 2.78 bits per heavy atom. The lowest BCUT2D eigenvalue weighted by atomic mass is 10.0. The molecule has 7 nitrogen and oxygen atoms in total. The topological polar surface area (TPSA) is 92.9 Å². The molecule has 1 amide bonds. The highest BCUT2D eigenvalue weighted by Gasteiger charge is 2.30. The van der Waals surface area contributed by atoms with Gasteiger partial charge in [-0.1, -0.05) is 0 Å². The van der Waals surface area contributed by atoms with Crippen molar-refractivity contribution in [2.24, 2.45) is 5.92 Å². The van der Waals surface area contributed by atoms with Crippen LogP contribution < -0.4 is 10.6 Å². The fraction of sp³-hybridized carbons (Fsp3) is 0.400. The lowest BCUT2D eigenvalue weighted by Crippen LogP contribution is -2.14. The summed E-state index contributed by atoms with van der Waals surface area (Å²) in [5.74, 6) is 3.03. The standard InChI is InChI=1S/C20H21N5O2/c1-21-18-13-9-22-17(25-19(26)11-6-7-11)8-12(13)14(10-23-18)20-24-15-4-2-3-5-16(15)27-20/h8-11H,2-7H2,1H3,(H,21,23)(H,22,25,26). The Kier molecular flexibility index (Phi) is 3.81. The van der Waals surface area contributed by atoms with Crippen LogP contribution in [-0.2, 0) is 17.6 Å². The predicted molar refractivity (Wildman–Crippen MR) is 103 cm³/mol. The predicted octanol–water partition coefficient (Wildman–Crippen LogP) is 3.55. The second kappa shape index (κ2) is 6.33. The molecule has 3 heterocycles. The molecule has 2 N–H and O–H groups in total. The van der Waals surface area contributed by atoms with E-state index in [2.05, 4.69) is 20.6 Å². The van der Waals surface area contributed by atoms with Gasteiger partial charge in [0.1, 0.15) is 17.4 Å². The van der Waals surface area contributed by atoms with Gasteiger partial charge in [0.15, 0.2) is 0 Å². The molecule has 0 saturated heterocycles. The second-order valence-electron chi connectivity index (χ2n) is 7.25. The molecule has 138 valence electrons. The van der Waals surface area contributed by atoms with Crippen molar-refractivity contribution >= 4 is 28.3 Å². The average Bonchev–Trinajstić information content (AvgIpc) is 3.46. The molecule has 0 unspecified atom stereocenters. The van der Waals surface area contributed by atoms with E-state index in [4.69, 9.17) is 9.40 Å². The Balaban J connectivity index is 1.61. The van der Waals surface area contributed by atoms with Crippen molar-refractivity contribution in [1.82, 2.24) is 15.0 Å². The first-order chi connectivity index (χ1) is 13.2. The zero-order valence-corrected chi connectivity index (χ0v) is 15.2. The molecule has 0 bridgehead atoms. The summed E-state index contributed by atoms with van der Waals surface area (Å²) in [7, 11) is 1.83. The summed E-state index contributed by atoms with van der Waals surface area (Å²) in [5, 5.41) is 7.80. The quantitative estimate of drug-likeness (QED) is 0.736. The summed E-state index contributed by atoms with van der Waals surface area (Å²) in [6.07, 6.45) is 9.62. The average molecular weight is 363 g/mol. The summed E-state index contributed by atoms with van der Waals surface area (Å²) < 4.78 is 6.06. The van der Waals surface area contributed by atoms with Gasteiger partial charge < -0.3 is 15.1 Å². The zero-order chi connectivity index (χ0) is 18.4. The molecular formula is C20H21N5O2. The SMILES string of the molecule is CNc1ncc(-c2nc3c(o2)CCCC3)c2cc(NC(=O)C3CC3)ncc12. The van der Waals surface area contributed by atoms with E-state index in [9.17, 15) is 4.79 Å². The Morgan fingerprint density at radius 2 is 2.00 bits per heavy atom. The van der Waals surface area contributed by atoms with E-state index in [1.54, 1.807) is 12.4 Å². The number of carbonyl (C=O) groups excluding carboxylic acids is 1. The zero-order valence-electron chi connectivity index (χ0n) is 15.2. The van der Waals surface area contributed by atoms with Gasteiger partial charge >= 0.3 is 0 Å². The number of pyridine rings is 2. The van der Waals surface area contributed by atoms with Crippen LogP contribution in [0.3, 0.4) is 0 Å². The Hall–Kier alpha value is -2.96. The Bertz CT molecular complexity index is 1010. The first-order valence-corrected chi connectivity index (χ1v) is 9.49. The molecule has 3 aromatic heterocycles. The van der Waals surface area contributed by atoms with Crippen molar-refractivity contribution in [3.8, 4) is 11.5 Å². The second-order valence-corrected chi connectivity index (χ2v) is 7.25. The van der Waals surface area contributed by atoms with E-state index in [0.717, 1.165) is 72.1 Å². The maximum atomic E-state index is 12.1. The van der Waals surface area contributed by atoms with Crippen LogP contribution in [0.2, 0.25) is 0 Å². The fourth-order valence-corrected chi connectivity index (χ4v) is 3.61. The minimum absolute atomic E-state index is 0.0397. The molecule has 0 spiro atoms. The molecule has 7 heteroatoms. The van der Waals surface area contributed by atoms with Crippen molar-refractivity contribution in [3.63, 3.8) is 0 Å². The highest BCUT2D eigenvalue weighted by Crippen LogP contribution is 2.35. The lowest BCUT2D eigenvalue weighted by molar-refractivity contribution is -0.117. The minimum Gasteiger partial charge on any atom is -0.441 e. The van der Waals surface area contributed by atoms with Gasteiger partial charge in [0.05, 0.1) is 11.3 Å². The maximum Gasteiger partial charge on any atom is 0.228 e. The summed E-state index contributed by atoms with van der Waals surface area (Å²) in [6.45, 7) is 0. The highest BCUT2D eigenvalue weighted by molar-refractivity contribution is 6.02. The number of nitrogens with zero attached hydrogens (tertiary/aromatic N) is 3. The molecule has 0 atom stereocenters. The number of amides is 1. The van der Waals surface area contributed by atoms with E-state index >= 15 is 0 Å². The summed E-state index contributed by atoms with van der Waals surface area (Å²) >= 11 is 0. The number of hydrogen-bond donors (Lipinski definition) is 2. The van der Waals surface area contributed by atoms with Crippen LogP contribution in [0.1, 0.15) is 37.1 Å². The smallest absolute Gasteiger partial charge is 0.228 e. The van der Waals surface area contributed by atoms with Gasteiger partial charge in [0, 0.05) is 42.6 Å². The summed E-state index contributed by atoms with van der Waals surface area (Å²) in [6, 6.07) is 1.89. The molecule has 1 fully saturated rings. The minimum atomic E-state index is 0.0397. The third-order valence-corrected chi connectivity index (χ3v) is 5.28. The number of anilines is 2. The third-order valence-electron chi connectivity index (χ3n) is 5.28. The van der Waals surface area contributed by atoms with Crippen LogP contribution in [0, 0.1) is 5.92 Å². The van der Waals surface area contributed by atoms with Crippen molar-refractivity contribution < 1.29 is 9.21 Å². The third kappa shape index (κ3) is 2.93. The number of rotatable bonds is 4. The van der Waals surface area contributed by atoms with E-state index in [0.29, 0.717) is 11.7 Å². The van der Waals surface area contributed by atoms with Crippen LogP contribution in [0.4, 0.5) is 11.6 Å². The maximum absolute atomic E-state index is 12.1. The number of aryl methyl sites for hydroxylation is 2. The number of nitrogens with one attached hydrogen (secondary N) is 2. The van der Waals surface area contributed by atoms with Crippen LogP contribution in [0.25, 0.3) is 22.2 Å². The van der Waals surface area contributed by atoms with Gasteiger partial charge in [0.2, 0.25) is 11.8 Å². The molecule has 0 radical (unpaired) electrons. The van der Waals surface area contributed by atoms with Gasteiger partial charge in [-0.3, -0.25) is 4.79 Å². The van der Waals surface area contributed by atoms with Crippen molar-refractivity contribution in [1.29, 1.82) is 0 Å². The Labute approximate surface area is 156 Å². The van der Waals surface area contributed by atoms with Crippen molar-refractivity contribution in [3.05, 3.63) is 29.9 Å². The van der Waals surface area contributed by atoms with Crippen molar-refractivity contribution in [2.45, 2.75) is 38.5 Å². The summed E-state index contributed by atoms with van der Waals surface area (Å²) in [5.41, 5.74) is 1.88. The molecule has 27 heavy (non-hydrogen) atoms. The van der Waals surface area contributed by atoms with Crippen molar-refractivity contribution in [2.75, 3.05) is 17.7 Å². The fourth-order valence-electron chi connectivity index (χ4n) is 3.61. The molecule has 0 aromatic carbocycles. The molecule has 3 aromatic rings. The number of oxazole rings is 1. The molecule has 2 aliphatic carbocycles. The first-order valence-electron chi connectivity index (χ1n) is 9.49. The molecular weight excluding hydrogens is 342 g/mol. The van der Waals surface area contributed by atoms with Crippen LogP contribution in [-0.4, -0.2) is 27.9 Å². The Morgan fingerprint density at radius 1 is 1.15 bits per heavy atom. The summed E-state index contributed by atoms with van der Waals surface area (Å²) in [4.78, 5) is 25.7. The van der Waals surface area contributed by atoms with Gasteiger partial charge in [0.25, 0.3) is 0 Å². The highest BCUT2D eigenvalue weighted by atomic mass is 16.4. The van der Waals surface area contributed by atoms with Crippen LogP contribution in [0.15, 0.2) is 22.9 Å². The van der Waals surface area contributed by atoms with Gasteiger partial charge in [-0.2, -0.15) is 0 Å². The molecule has 0 aliphatic heterocycles. The van der Waals surface area contributed by atoms with Crippen LogP contribution in [0.5, 0.6) is 0 Å². The number of fused-ring (bicyclic) bond motifs is 2. The van der Waals surface area contributed by atoms with E-state index in [1.807, 2.05) is 13.1 Å².